The molecule has 2 unspecified atom stereocenters. The molecule has 206 valence electrons. The highest BCUT2D eigenvalue weighted by molar-refractivity contribution is 5.80. The minimum absolute atomic E-state index is 0.0257. The van der Waals surface area contributed by atoms with Crippen LogP contribution >= 0.6 is 0 Å². The van der Waals surface area contributed by atoms with Crippen molar-refractivity contribution >= 4 is 16.8 Å². The number of carbonyl (C=O) groups is 1. The molecule has 38 heavy (non-hydrogen) atoms. The lowest BCUT2D eigenvalue weighted by Crippen LogP contribution is -2.42. The van der Waals surface area contributed by atoms with E-state index in [1.165, 1.54) is 0 Å². The molecule has 0 N–H and O–H groups in total. The second-order valence-electron chi connectivity index (χ2n) is 10.4. The van der Waals surface area contributed by atoms with Crippen LogP contribution in [0.4, 0.5) is 0 Å². The van der Waals surface area contributed by atoms with Crippen molar-refractivity contribution in [2.24, 2.45) is 11.8 Å². The summed E-state index contributed by atoms with van der Waals surface area (Å²) in [6, 6.07) is 14.7. The molecule has 0 fully saturated rings. The number of benzene rings is 2. The van der Waals surface area contributed by atoms with Crippen LogP contribution in [0.5, 0.6) is 5.75 Å². The van der Waals surface area contributed by atoms with Crippen LogP contribution in [0.3, 0.4) is 0 Å². The normalized spacial score (nSPS) is 13.0. The maximum atomic E-state index is 14.1. The number of carbonyl (C=O) groups excluding carboxylic acids is 1. The van der Waals surface area contributed by atoms with E-state index in [1.807, 2.05) is 60.4 Å². The van der Waals surface area contributed by atoms with Gasteiger partial charge in [-0.05, 0) is 74.9 Å². The van der Waals surface area contributed by atoms with E-state index in [9.17, 15) is 9.59 Å². The Labute approximate surface area is 228 Å². The number of amides is 1. The van der Waals surface area contributed by atoms with E-state index in [0.29, 0.717) is 42.2 Å². The number of nitrogens with zero attached hydrogens (tertiary/aromatic N) is 3. The molecule has 0 aliphatic heterocycles. The average Bonchev–Trinajstić information content (AvgIpc) is 2.92. The summed E-state index contributed by atoms with van der Waals surface area (Å²) in [6.07, 6.45) is 5.35. The quantitative estimate of drug-likeness (QED) is 0.224. The second kappa shape index (κ2) is 14.1. The lowest BCUT2D eigenvalue weighted by Gasteiger charge is -2.35. The molecule has 0 spiro atoms. The Kier molecular flexibility index (Phi) is 10.9. The molecule has 1 amide bonds. The lowest BCUT2D eigenvalue weighted by atomic mass is 9.95. The summed E-state index contributed by atoms with van der Waals surface area (Å²) in [4.78, 5) is 35.1. The average molecular weight is 520 g/mol. The van der Waals surface area contributed by atoms with Crippen molar-refractivity contribution in [3.63, 3.8) is 0 Å². The fraction of sp³-hybridized carbons (Fsp3) is 0.531. The van der Waals surface area contributed by atoms with Gasteiger partial charge in [-0.25, -0.2) is 4.98 Å². The van der Waals surface area contributed by atoms with E-state index in [-0.39, 0.29) is 23.4 Å². The van der Waals surface area contributed by atoms with E-state index < -0.39 is 0 Å². The van der Waals surface area contributed by atoms with Gasteiger partial charge in [-0.1, -0.05) is 59.6 Å². The molecule has 0 radical (unpaired) electrons. The van der Waals surface area contributed by atoms with Crippen LogP contribution in [0, 0.1) is 11.8 Å². The number of hydrogen-bond acceptors (Lipinski definition) is 4. The van der Waals surface area contributed by atoms with Gasteiger partial charge in [-0.15, -0.1) is 0 Å². The van der Waals surface area contributed by atoms with Gasteiger partial charge in [0.25, 0.3) is 5.56 Å². The van der Waals surface area contributed by atoms with Crippen molar-refractivity contribution in [2.45, 2.75) is 86.1 Å². The molecule has 6 nitrogen and oxygen atoms in total. The predicted octanol–water partition coefficient (Wildman–Crippen LogP) is 7.33. The summed E-state index contributed by atoms with van der Waals surface area (Å²) in [7, 11) is 0. The van der Waals surface area contributed by atoms with Gasteiger partial charge in [-0.3, -0.25) is 14.2 Å². The van der Waals surface area contributed by atoms with E-state index in [0.717, 1.165) is 43.5 Å². The van der Waals surface area contributed by atoms with Crippen LogP contribution in [0.1, 0.15) is 91.9 Å². The SMILES string of the molecule is CCCCC(CC)C(=O)N(CCC(C)C)C(CC)c1nc2ccccc2c(=O)n1-c1ccc(OCC)cc1. The zero-order valence-electron chi connectivity index (χ0n) is 24.1. The molecule has 0 bridgehead atoms. The van der Waals surface area contributed by atoms with E-state index in [2.05, 4.69) is 34.6 Å². The standard InChI is InChI=1S/C32H45N3O3/c1-7-11-14-24(8-2)31(36)34(22-21-23(5)6)29(9-3)30-33-28-16-13-12-15-27(28)32(37)35(30)25-17-19-26(20-18-25)38-10-4/h12-13,15-20,23-24,29H,7-11,14,21-22H2,1-6H3. The smallest absolute Gasteiger partial charge is 0.266 e. The van der Waals surface area contributed by atoms with Gasteiger partial charge >= 0.3 is 0 Å². The molecule has 0 aliphatic rings. The Hall–Kier alpha value is -3.15. The molecule has 1 heterocycles. The number of rotatable bonds is 14. The summed E-state index contributed by atoms with van der Waals surface area (Å²) in [5, 5.41) is 0.564. The number of fused-ring (bicyclic) bond motifs is 1. The minimum atomic E-state index is -0.319. The first kappa shape index (κ1) is 29.4. The van der Waals surface area contributed by atoms with Gasteiger partial charge in [0.05, 0.1) is 29.2 Å². The van der Waals surface area contributed by atoms with E-state index in [1.54, 1.807) is 4.57 Å². The first-order valence-electron chi connectivity index (χ1n) is 14.4. The number of unbranched alkanes of at least 4 members (excludes halogenated alkanes) is 1. The molecule has 2 aromatic carbocycles. The Morgan fingerprint density at radius 1 is 0.974 bits per heavy atom. The third-order valence-electron chi connectivity index (χ3n) is 7.25. The Morgan fingerprint density at radius 2 is 1.68 bits per heavy atom. The third-order valence-corrected chi connectivity index (χ3v) is 7.25. The fourth-order valence-corrected chi connectivity index (χ4v) is 5.03. The topological polar surface area (TPSA) is 64.4 Å². The van der Waals surface area contributed by atoms with Crippen molar-refractivity contribution < 1.29 is 9.53 Å². The van der Waals surface area contributed by atoms with Crippen molar-refractivity contribution in [2.75, 3.05) is 13.2 Å². The highest BCUT2D eigenvalue weighted by atomic mass is 16.5. The fourth-order valence-electron chi connectivity index (χ4n) is 5.03. The van der Waals surface area contributed by atoms with Crippen LogP contribution in [-0.4, -0.2) is 33.5 Å². The Bertz CT molecular complexity index is 1230. The molecule has 2 atom stereocenters. The zero-order chi connectivity index (χ0) is 27.7. The number of para-hydroxylation sites is 1. The molecule has 0 aliphatic carbocycles. The molecule has 6 heteroatoms. The molecule has 0 saturated heterocycles. The van der Waals surface area contributed by atoms with Gasteiger partial charge < -0.3 is 9.64 Å². The summed E-state index contributed by atoms with van der Waals surface area (Å²) >= 11 is 0. The predicted molar refractivity (Wildman–Crippen MR) is 156 cm³/mol. The summed E-state index contributed by atoms with van der Waals surface area (Å²) in [5.74, 6) is 1.97. The zero-order valence-corrected chi connectivity index (χ0v) is 24.1. The molecule has 3 aromatic rings. The maximum Gasteiger partial charge on any atom is 0.266 e. The van der Waals surface area contributed by atoms with Gasteiger partial charge in [0, 0.05) is 12.5 Å². The lowest BCUT2D eigenvalue weighted by molar-refractivity contribution is -0.139. The minimum Gasteiger partial charge on any atom is -0.494 e. The highest BCUT2D eigenvalue weighted by Crippen LogP contribution is 2.30. The van der Waals surface area contributed by atoms with Crippen molar-refractivity contribution in [1.82, 2.24) is 14.5 Å². The molecule has 3 rings (SSSR count). The largest absolute Gasteiger partial charge is 0.494 e. The van der Waals surface area contributed by atoms with Crippen LogP contribution in [0.25, 0.3) is 16.6 Å². The van der Waals surface area contributed by atoms with Crippen LogP contribution in [0.2, 0.25) is 0 Å². The molecule has 0 saturated carbocycles. The summed E-state index contributed by atoms with van der Waals surface area (Å²) in [5.41, 5.74) is 1.25. The Morgan fingerprint density at radius 3 is 2.29 bits per heavy atom. The van der Waals surface area contributed by atoms with Gasteiger partial charge in [-0.2, -0.15) is 0 Å². The van der Waals surface area contributed by atoms with Crippen LogP contribution in [-0.2, 0) is 4.79 Å². The molecule has 1 aromatic heterocycles. The van der Waals surface area contributed by atoms with Gasteiger partial charge in [0.2, 0.25) is 5.91 Å². The van der Waals surface area contributed by atoms with Crippen molar-refractivity contribution in [3.8, 4) is 11.4 Å². The monoisotopic (exact) mass is 519 g/mol. The number of ether oxygens (including phenoxy) is 1. The second-order valence-corrected chi connectivity index (χ2v) is 10.4. The highest BCUT2D eigenvalue weighted by Gasteiger charge is 2.32. The van der Waals surface area contributed by atoms with Gasteiger partial charge in [0.15, 0.2) is 0 Å². The van der Waals surface area contributed by atoms with E-state index in [4.69, 9.17) is 9.72 Å². The summed E-state index contributed by atoms with van der Waals surface area (Å²) in [6.45, 7) is 13.9. The van der Waals surface area contributed by atoms with E-state index >= 15 is 0 Å². The van der Waals surface area contributed by atoms with Crippen LogP contribution < -0.4 is 10.3 Å². The van der Waals surface area contributed by atoms with Crippen molar-refractivity contribution in [1.29, 1.82) is 0 Å². The first-order valence-corrected chi connectivity index (χ1v) is 14.4. The Balaban J connectivity index is 2.21. The molecular weight excluding hydrogens is 474 g/mol. The number of aromatic nitrogens is 2. The number of hydrogen-bond donors (Lipinski definition) is 0. The van der Waals surface area contributed by atoms with Crippen molar-refractivity contribution in [3.05, 3.63) is 64.7 Å². The van der Waals surface area contributed by atoms with Gasteiger partial charge in [0.1, 0.15) is 11.6 Å². The van der Waals surface area contributed by atoms with Crippen LogP contribution in [0.15, 0.2) is 53.3 Å². The third kappa shape index (κ3) is 6.83. The first-order chi connectivity index (χ1) is 18.4. The summed E-state index contributed by atoms with van der Waals surface area (Å²) < 4.78 is 7.34. The maximum absolute atomic E-state index is 14.1. The molecular formula is C32H45N3O3.